The van der Waals surface area contributed by atoms with Gasteiger partial charge in [-0.15, -0.1) is 0 Å². The van der Waals surface area contributed by atoms with Gasteiger partial charge in [-0.1, -0.05) is 54.2 Å². The molecule has 2 aliphatic rings. The average molecular weight is 466 g/mol. The van der Waals surface area contributed by atoms with Crippen molar-refractivity contribution in [3.8, 4) is 0 Å². The number of aliphatic imine (C=N–C) groups is 1. The lowest BCUT2D eigenvalue weighted by molar-refractivity contribution is -0.139. The molecule has 0 radical (unpaired) electrons. The van der Waals surface area contributed by atoms with E-state index in [1.807, 2.05) is 40.6 Å². The number of rotatable bonds is 7. The summed E-state index contributed by atoms with van der Waals surface area (Å²) in [4.78, 5) is 32.2. The first-order valence-electron chi connectivity index (χ1n) is 10.7. The maximum atomic E-state index is 13.1. The molecular formula is C25H24FN3O3S. The summed E-state index contributed by atoms with van der Waals surface area (Å²) in [5.74, 6) is -0.908. The van der Waals surface area contributed by atoms with Crippen LogP contribution in [0.4, 0.5) is 4.39 Å². The first-order chi connectivity index (χ1) is 16.0. The van der Waals surface area contributed by atoms with Gasteiger partial charge < -0.3 is 15.0 Å². The number of amides is 1. The van der Waals surface area contributed by atoms with E-state index in [9.17, 15) is 14.0 Å². The highest BCUT2D eigenvalue weighted by atomic mass is 32.2. The summed E-state index contributed by atoms with van der Waals surface area (Å²) in [7, 11) is 0. The van der Waals surface area contributed by atoms with Crippen LogP contribution < -0.4 is 5.32 Å². The van der Waals surface area contributed by atoms with E-state index in [1.165, 1.54) is 23.9 Å². The molecule has 0 aliphatic carbocycles. The first-order valence-corrected chi connectivity index (χ1v) is 11.5. The number of allylic oxidation sites excluding steroid dienone is 1. The molecule has 0 bridgehead atoms. The Balaban J connectivity index is 1.57. The summed E-state index contributed by atoms with van der Waals surface area (Å²) in [6.45, 7) is 4.14. The van der Waals surface area contributed by atoms with Gasteiger partial charge in [-0.25, -0.2) is 14.2 Å². The summed E-state index contributed by atoms with van der Waals surface area (Å²) in [5.41, 5.74) is 3.54. The van der Waals surface area contributed by atoms with Crippen LogP contribution in [0.15, 0.2) is 82.0 Å². The Morgan fingerprint density at radius 1 is 1.15 bits per heavy atom. The molecule has 8 heteroatoms. The summed E-state index contributed by atoms with van der Waals surface area (Å²) < 4.78 is 18.4. The molecule has 1 unspecified atom stereocenters. The van der Waals surface area contributed by atoms with E-state index in [4.69, 9.17) is 4.74 Å². The van der Waals surface area contributed by atoms with Gasteiger partial charge in [0.25, 0.3) is 0 Å². The molecule has 0 fully saturated rings. The van der Waals surface area contributed by atoms with E-state index in [0.29, 0.717) is 17.8 Å². The highest BCUT2D eigenvalue weighted by Crippen LogP contribution is 2.44. The second-order valence-electron chi connectivity index (χ2n) is 7.60. The molecule has 2 aliphatic heterocycles. The number of amidine groups is 1. The van der Waals surface area contributed by atoms with Gasteiger partial charge in [0.15, 0.2) is 5.17 Å². The average Bonchev–Trinajstić information content (AvgIpc) is 3.20. The van der Waals surface area contributed by atoms with E-state index in [-0.39, 0.29) is 24.8 Å². The third-order valence-corrected chi connectivity index (χ3v) is 6.24. The largest absolute Gasteiger partial charge is 0.463 e. The predicted octanol–water partition coefficient (Wildman–Crippen LogP) is 4.67. The van der Waals surface area contributed by atoms with Crippen molar-refractivity contribution in [1.29, 1.82) is 0 Å². The lowest BCUT2D eigenvalue weighted by Gasteiger charge is -2.36. The van der Waals surface area contributed by atoms with Gasteiger partial charge in [-0.3, -0.25) is 4.79 Å². The van der Waals surface area contributed by atoms with Crippen LogP contribution in [-0.2, 0) is 20.9 Å². The fourth-order valence-corrected chi connectivity index (χ4v) is 4.78. The third kappa shape index (κ3) is 5.01. The van der Waals surface area contributed by atoms with Gasteiger partial charge in [0.05, 0.1) is 30.3 Å². The Morgan fingerprint density at radius 3 is 2.58 bits per heavy atom. The molecule has 2 heterocycles. The second-order valence-corrected chi connectivity index (χ2v) is 8.44. The highest BCUT2D eigenvalue weighted by molar-refractivity contribution is 8.16. The van der Waals surface area contributed by atoms with Crippen LogP contribution in [0, 0.1) is 5.82 Å². The number of benzene rings is 2. The van der Waals surface area contributed by atoms with Crippen molar-refractivity contribution in [2.75, 3.05) is 6.61 Å². The van der Waals surface area contributed by atoms with Crippen molar-refractivity contribution in [3.63, 3.8) is 0 Å². The molecule has 0 saturated carbocycles. The van der Waals surface area contributed by atoms with E-state index in [1.54, 1.807) is 26.0 Å². The molecule has 2 aromatic carbocycles. The Bertz CT molecular complexity index is 1140. The van der Waals surface area contributed by atoms with E-state index in [0.717, 1.165) is 22.0 Å². The van der Waals surface area contributed by atoms with Crippen molar-refractivity contribution in [1.82, 2.24) is 10.2 Å². The molecule has 1 atom stereocenters. The standard InChI is InChI=1S/C25H24FN3O3S/c1-3-32-24(31)22-16(2)28-25-29(23(22)18-7-5-4-6-8-18)20(15-33-25)13-21(30)27-14-17-9-11-19(26)12-10-17/h4-12,15,23H,3,13-14H2,1-2H3,(H,27,30). The number of fused-ring (bicyclic) bond motifs is 1. The van der Waals surface area contributed by atoms with Gasteiger partial charge >= 0.3 is 5.97 Å². The summed E-state index contributed by atoms with van der Waals surface area (Å²) >= 11 is 1.43. The Morgan fingerprint density at radius 2 is 1.88 bits per heavy atom. The SMILES string of the molecule is CCOC(=O)C1=C(C)N=C2SC=C(CC(=O)NCc3ccc(F)cc3)N2C1c1ccccc1. The fraction of sp³-hybridized carbons (Fsp3) is 0.240. The minimum atomic E-state index is -0.441. The molecule has 170 valence electrons. The fourth-order valence-electron chi connectivity index (χ4n) is 3.82. The molecule has 1 amide bonds. The zero-order valence-electron chi connectivity index (χ0n) is 18.4. The van der Waals surface area contributed by atoms with Crippen LogP contribution in [0.3, 0.4) is 0 Å². The predicted molar refractivity (Wildman–Crippen MR) is 126 cm³/mol. The normalized spacial score (nSPS) is 17.3. The van der Waals surface area contributed by atoms with Crippen LogP contribution in [0.2, 0.25) is 0 Å². The van der Waals surface area contributed by atoms with Crippen molar-refractivity contribution in [3.05, 3.63) is 93.9 Å². The Hall–Kier alpha value is -3.39. The van der Waals surface area contributed by atoms with E-state index >= 15 is 0 Å². The molecule has 0 saturated heterocycles. The van der Waals surface area contributed by atoms with Crippen molar-refractivity contribution in [2.24, 2.45) is 4.99 Å². The second kappa shape index (κ2) is 10.0. The number of hydrogen-bond donors (Lipinski definition) is 1. The topological polar surface area (TPSA) is 71.0 Å². The first kappa shape index (κ1) is 22.8. The van der Waals surface area contributed by atoms with Crippen molar-refractivity contribution in [2.45, 2.75) is 32.9 Å². The Labute approximate surface area is 196 Å². The molecule has 33 heavy (non-hydrogen) atoms. The van der Waals surface area contributed by atoms with Crippen molar-refractivity contribution >= 4 is 28.8 Å². The molecular weight excluding hydrogens is 441 g/mol. The number of carbonyl (C=O) groups is 2. The molecule has 1 N–H and O–H groups in total. The number of hydrogen-bond acceptors (Lipinski definition) is 6. The number of halogens is 1. The van der Waals surface area contributed by atoms with Crippen LogP contribution in [0.25, 0.3) is 0 Å². The smallest absolute Gasteiger partial charge is 0.338 e. The molecule has 0 aromatic heterocycles. The number of esters is 1. The lowest BCUT2D eigenvalue weighted by Crippen LogP contribution is -2.38. The van der Waals surface area contributed by atoms with Gasteiger partial charge in [0, 0.05) is 12.2 Å². The summed E-state index contributed by atoms with van der Waals surface area (Å²) in [6.07, 6.45) is 0.117. The quantitative estimate of drug-likeness (QED) is 0.602. The number of nitrogens with one attached hydrogen (secondary N) is 1. The van der Waals surface area contributed by atoms with Crippen LogP contribution in [0.1, 0.15) is 37.4 Å². The van der Waals surface area contributed by atoms with Crippen LogP contribution in [0.5, 0.6) is 0 Å². The van der Waals surface area contributed by atoms with Crippen LogP contribution >= 0.6 is 11.8 Å². The van der Waals surface area contributed by atoms with E-state index in [2.05, 4.69) is 10.3 Å². The molecule has 2 aromatic rings. The number of thioether (sulfide) groups is 1. The minimum Gasteiger partial charge on any atom is -0.463 e. The minimum absolute atomic E-state index is 0.117. The number of nitrogens with zero attached hydrogens (tertiary/aromatic N) is 2. The monoisotopic (exact) mass is 465 g/mol. The Kier molecular flexibility index (Phi) is 6.93. The molecule has 0 spiro atoms. The molecule has 6 nitrogen and oxygen atoms in total. The van der Waals surface area contributed by atoms with Crippen LogP contribution in [-0.4, -0.2) is 28.6 Å². The lowest BCUT2D eigenvalue weighted by atomic mass is 9.94. The zero-order chi connectivity index (χ0) is 23.4. The van der Waals surface area contributed by atoms with Crippen molar-refractivity contribution < 1.29 is 18.7 Å². The van der Waals surface area contributed by atoms with E-state index < -0.39 is 12.0 Å². The zero-order valence-corrected chi connectivity index (χ0v) is 19.2. The number of ether oxygens (including phenoxy) is 1. The maximum Gasteiger partial charge on any atom is 0.338 e. The van der Waals surface area contributed by atoms with Gasteiger partial charge in [0.2, 0.25) is 5.91 Å². The number of carbonyl (C=O) groups excluding carboxylic acids is 2. The highest BCUT2D eigenvalue weighted by Gasteiger charge is 2.40. The van der Waals surface area contributed by atoms with Gasteiger partial charge in [-0.05, 0) is 42.5 Å². The molecule has 4 rings (SSSR count). The van der Waals surface area contributed by atoms with Gasteiger partial charge in [0.1, 0.15) is 5.82 Å². The summed E-state index contributed by atoms with van der Waals surface area (Å²) in [6, 6.07) is 15.2. The maximum absolute atomic E-state index is 13.1. The summed E-state index contributed by atoms with van der Waals surface area (Å²) in [5, 5.41) is 5.49. The van der Waals surface area contributed by atoms with Gasteiger partial charge in [-0.2, -0.15) is 0 Å². The third-order valence-electron chi connectivity index (χ3n) is 5.36.